The number of para-hydroxylation sites is 1. The molecule has 0 saturated carbocycles. The molecule has 1 aromatic carbocycles. The molecule has 4 rings (SSSR count). The lowest BCUT2D eigenvalue weighted by molar-refractivity contribution is 0.361. The van der Waals surface area contributed by atoms with Crippen LogP contribution in [0.2, 0.25) is 0 Å². The third kappa shape index (κ3) is 4.45. The molecule has 3 heterocycles. The maximum atomic E-state index is 6.22. The standard InChI is InChI=1S/C20H28N6.2ClH/c1-2-13-26-20(23-12-9-14-7-10-22-11-8-14)17-15-5-3-4-6-16(15)24-19(21)18(17)25-26;;/h3-6,14,22-23H,2,7-13H2,1H3,(H2,21,24);2*1H. The zero-order chi connectivity index (χ0) is 17.9. The van der Waals surface area contributed by atoms with Crippen molar-refractivity contribution in [1.29, 1.82) is 0 Å². The van der Waals surface area contributed by atoms with Crippen LogP contribution >= 0.6 is 24.8 Å². The Balaban J connectivity index is 0.00000140. The van der Waals surface area contributed by atoms with E-state index in [1.165, 1.54) is 19.3 Å². The largest absolute Gasteiger partial charge is 0.382 e. The molecule has 8 heteroatoms. The highest BCUT2D eigenvalue weighted by Crippen LogP contribution is 2.33. The van der Waals surface area contributed by atoms with Crippen LogP contribution in [0.25, 0.3) is 21.8 Å². The fraction of sp³-hybridized carbons (Fsp3) is 0.500. The number of halogens is 2. The lowest BCUT2D eigenvalue weighted by atomic mass is 9.95. The van der Waals surface area contributed by atoms with Gasteiger partial charge >= 0.3 is 0 Å². The van der Waals surface area contributed by atoms with Crippen LogP contribution in [0.15, 0.2) is 24.3 Å². The van der Waals surface area contributed by atoms with Crippen LogP contribution in [0.4, 0.5) is 11.6 Å². The summed E-state index contributed by atoms with van der Waals surface area (Å²) < 4.78 is 2.07. The molecule has 0 amide bonds. The quantitative estimate of drug-likeness (QED) is 0.551. The van der Waals surface area contributed by atoms with Crippen molar-refractivity contribution in [2.45, 2.75) is 39.2 Å². The van der Waals surface area contributed by atoms with E-state index in [-0.39, 0.29) is 24.8 Å². The summed E-state index contributed by atoms with van der Waals surface area (Å²) in [7, 11) is 0. The van der Waals surface area contributed by atoms with Crippen molar-refractivity contribution >= 4 is 58.3 Å². The first kappa shape index (κ1) is 22.5. The monoisotopic (exact) mass is 424 g/mol. The molecule has 1 aliphatic rings. The summed E-state index contributed by atoms with van der Waals surface area (Å²) in [5.41, 5.74) is 7.96. The number of anilines is 2. The molecular formula is C20H30Cl2N6. The molecule has 0 unspecified atom stereocenters. The van der Waals surface area contributed by atoms with Gasteiger partial charge in [-0.05, 0) is 50.8 Å². The summed E-state index contributed by atoms with van der Waals surface area (Å²) >= 11 is 0. The molecule has 0 radical (unpaired) electrons. The van der Waals surface area contributed by atoms with E-state index in [9.17, 15) is 0 Å². The summed E-state index contributed by atoms with van der Waals surface area (Å²) in [5, 5.41) is 14.1. The maximum Gasteiger partial charge on any atom is 0.152 e. The van der Waals surface area contributed by atoms with Crippen molar-refractivity contribution in [1.82, 2.24) is 20.1 Å². The van der Waals surface area contributed by atoms with Crippen molar-refractivity contribution in [3.05, 3.63) is 24.3 Å². The highest BCUT2D eigenvalue weighted by Gasteiger charge is 2.18. The van der Waals surface area contributed by atoms with Gasteiger partial charge in [-0.2, -0.15) is 5.10 Å². The Morgan fingerprint density at radius 3 is 2.71 bits per heavy atom. The van der Waals surface area contributed by atoms with Crippen molar-refractivity contribution in [2.75, 3.05) is 30.7 Å². The molecular weight excluding hydrogens is 395 g/mol. The molecule has 0 aliphatic carbocycles. The van der Waals surface area contributed by atoms with Crippen LogP contribution in [0.1, 0.15) is 32.6 Å². The molecule has 154 valence electrons. The lowest BCUT2D eigenvalue weighted by Gasteiger charge is -2.22. The van der Waals surface area contributed by atoms with E-state index in [2.05, 4.69) is 39.4 Å². The lowest BCUT2D eigenvalue weighted by Crippen LogP contribution is -2.28. The van der Waals surface area contributed by atoms with E-state index in [0.29, 0.717) is 5.82 Å². The van der Waals surface area contributed by atoms with Gasteiger partial charge in [0.1, 0.15) is 11.3 Å². The van der Waals surface area contributed by atoms with Crippen LogP contribution in [-0.2, 0) is 6.54 Å². The topological polar surface area (TPSA) is 80.8 Å². The molecule has 0 bridgehead atoms. The van der Waals surface area contributed by atoms with Gasteiger partial charge in [0.2, 0.25) is 0 Å². The molecule has 28 heavy (non-hydrogen) atoms. The first-order valence-electron chi connectivity index (χ1n) is 9.77. The second-order valence-electron chi connectivity index (χ2n) is 7.22. The van der Waals surface area contributed by atoms with Gasteiger partial charge in [0.05, 0.1) is 10.9 Å². The molecule has 6 nitrogen and oxygen atoms in total. The zero-order valence-corrected chi connectivity index (χ0v) is 17.9. The molecule has 4 N–H and O–H groups in total. The first-order valence-corrected chi connectivity index (χ1v) is 9.77. The molecule has 0 atom stereocenters. The molecule has 2 aromatic heterocycles. The molecule has 1 saturated heterocycles. The number of aryl methyl sites for hydroxylation is 1. The predicted molar refractivity (Wildman–Crippen MR) is 123 cm³/mol. The van der Waals surface area contributed by atoms with E-state index in [4.69, 9.17) is 10.8 Å². The second kappa shape index (κ2) is 10.1. The fourth-order valence-corrected chi connectivity index (χ4v) is 3.98. The third-order valence-electron chi connectivity index (χ3n) is 5.35. The number of hydrogen-bond donors (Lipinski definition) is 3. The SMILES string of the molecule is CCCn1nc2c(N)nc3ccccc3c2c1NCCC1CCNCC1.Cl.Cl. The van der Waals surface area contributed by atoms with Crippen LogP contribution in [0.3, 0.4) is 0 Å². The summed E-state index contributed by atoms with van der Waals surface area (Å²) in [4.78, 5) is 4.54. The number of nitrogens with zero attached hydrogens (tertiary/aromatic N) is 3. The number of nitrogen functional groups attached to an aromatic ring is 1. The van der Waals surface area contributed by atoms with Crippen LogP contribution < -0.4 is 16.4 Å². The number of rotatable bonds is 6. The van der Waals surface area contributed by atoms with Gasteiger partial charge in [-0.1, -0.05) is 25.1 Å². The first-order chi connectivity index (χ1) is 12.8. The van der Waals surface area contributed by atoms with E-state index in [1.54, 1.807) is 0 Å². The molecule has 3 aromatic rings. The number of nitrogens with one attached hydrogen (secondary N) is 2. The van der Waals surface area contributed by atoms with Gasteiger partial charge in [0, 0.05) is 18.5 Å². The Morgan fingerprint density at radius 2 is 1.96 bits per heavy atom. The Morgan fingerprint density at radius 1 is 1.21 bits per heavy atom. The smallest absolute Gasteiger partial charge is 0.152 e. The second-order valence-corrected chi connectivity index (χ2v) is 7.22. The van der Waals surface area contributed by atoms with Gasteiger partial charge in [0.15, 0.2) is 5.82 Å². The van der Waals surface area contributed by atoms with Gasteiger partial charge in [-0.3, -0.25) is 0 Å². The highest BCUT2D eigenvalue weighted by atomic mass is 35.5. The average molecular weight is 425 g/mol. The minimum absolute atomic E-state index is 0. The Bertz CT molecular complexity index is 904. The number of pyridine rings is 1. The number of piperidine rings is 1. The van der Waals surface area contributed by atoms with Gasteiger partial charge in [-0.25, -0.2) is 9.67 Å². The Labute approximate surface area is 178 Å². The maximum absolute atomic E-state index is 6.22. The normalized spacial score (nSPS) is 14.6. The molecule has 0 spiro atoms. The van der Waals surface area contributed by atoms with Crippen LogP contribution in [0, 0.1) is 5.92 Å². The summed E-state index contributed by atoms with van der Waals surface area (Å²) in [6, 6.07) is 8.18. The van der Waals surface area contributed by atoms with Gasteiger partial charge in [0.25, 0.3) is 0 Å². The van der Waals surface area contributed by atoms with Crippen LogP contribution in [0.5, 0.6) is 0 Å². The van der Waals surface area contributed by atoms with E-state index >= 15 is 0 Å². The molecule has 1 aliphatic heterocycles. The average Bonchev–Trinajstić information content (AvgIpc) is 3.02. The van der Waals surface area contributed by atoms with E-state index in [0.717, 1.165) is 66.1 Å². The van der Waals surface area contributed by atoms with E-state index < -0.39 is 0 Å². The predicted octanol–water partition coefficient (Wildman–Crippen LogP) is 4.22. The van der Waals surface area contributed by atoms with Crippen molar-refractivity contribution in [3.8, 4) is 0 Å². The van der Waals surface area contributed by atoms with Crippen molar-refractivity contribution < 1.29 is 0 Å². The summed E-state index contributed by atoms with van der Waals surface area (Å²) in [6.07, 6.45) is 4.77. The van der Waals surface area contributed by atoms with Gasteiger partial charge in [-0.15, -0.1) is 24.8 Å². The fourth-order valence-electron chi connectivity index (χ4n) is 3.98. The number of hydrogen-bond acceptors (Lipinski definition) is 5. The Hall–Kier alpha value is -1.76. The number of aromatic nitrogens is 3. The Kier molecular flexibility index (Phi) is 8.16. The summed E-state index contributed by atoms with van der Waals surface area (Å²) in [6.45, 7) is 6.30. The van der Waals surface area contributed by atoms with Crippen LogP contribution in [-0.4, -0.2) is 34.4 Å². The number of benzene rings is 1. The zero-order valence-electron chi connectivity index (χ0n) is 16.3. The number of nitrogens with two attached hydrogens (primary N) is 1. The van der Waals surface area contributed by atoms with Crippen molar-refractivity contribution in [2.24, 2.45) is 5.92 Å². The highest BCUT2D eigenvalue weighted by molar-refractivity contribution is 6.13. The molecule has 1 fully saturated rings. The van der Waals surface area contributed by atoms with Gasteiger partial charge < -0.3 is 16.4 Å². The van der Waals surface area contributed by atoms with E-state index in [1.807, 2.05) is 12.1 Å². The minimum Gasteiger partial charge on any atom is -0.382 e. The number of fused-ring (bicyclic) bond motifs is 3. The van der Waals surface area contributed by atoms with Crippen molar-refractivity contribution in [3.63, 3.8) is 0 Å². The third-order valence-corrected chi connectivity index (χ3v) is 5.35. The minimum atomic E-state index is 0. The summed E-state index contributed by atoms with van der Waals surface area (Å²) in [5.74, 6) is 2.40.